The van der Waals surface area contributed by atoms with Crippen LogP contribution < -0.4 is 11.1 Å². The largest absolute Gasteiger partial charge is 0.383 e. The standard InChI is InChI=1S/C16H23N3O2/c1-19(13-16(20)18-10-11-21-2)12-15-7-5-14(6-8-15)4-3-9-17/h5-8H,9-13,17H2,1-2H3,(H,18,20). The molecule has 0 bridgehead atoms. The third-order valence-electron chi connectivity index (χ3n) is 2.78. The summed E-state index contributed by atoms with van der Waals surface area (Å²) >= 11 is 0. The molecule has 114 valence electrons. The molecule has 0 heterocycles. The molecule has 0 aliphatic carbocycles. The smallest absolute Gasteiger partial charge is 0.234 e. The maximum absolute atomic E-state index is 11.7. The Morgan fingerprint density at radius 1 is 1.38 bits per heavy atom. The molecule has 0 radical (unpaired) electrons. The first-order valence-corrected chi connectivity index (χ1v) is 6.87. The second kappa shape index (κ2) is 9.94. The number of benzene rings is 1. The quantitative estimate of drug-likeness (QED) is 0.555. The number of carbonyl (C=O) groups is 1. The molecule has 0 fully saturated rings. The van der Waals surface area contributed by atoms with E-state index >= 15 is 0 Å². The average molecular weight is 289 g/mol. The highest BCUT2D eigenvalue weighted by molar-refractivity contribution is 5.77. The van der Waals surface area contributed by atoms with Gasteiger partial charge < -0.3 is 15.8 Å². The number of nitrogens with one attached hydrogen (secondary N) is 1. The summed E-state index contributed by atoms with van der Waals surface area (Å²) in [6.45, 7) is 2.50. The van der Waals surface area contributed by atoms with E-state index in [0.29, 0.717) is 32.8 Å². The van der Waals surface area contributed by atoms with Gasteiger partial charge in [0.05, 0.1) is 19.7 Å². The second-order valence-electron chi connectivity index (χ2n) is 4.72. The number of nitrogens with two attached hydrogens (primary N) is 1. The van der Waals surface area contributed by atoms with Gasteiger partial charge in [-0.3, -0.25) is 9.69 Å². The summed E-state index contributed by atoms with van der Waals surface area (Å²) in [6, 6.07) is 7.95. The Kier molecular flexibility index (Phi) is 8.14. The van der Waals surface area contributed by atoms with Crippen molar-refractivity contribution in [2.45, 2.75) is 6.54 Å². The molecule has 0 saturated heterocycles. The summed E-state index contributed by atoms with van der Waals surface area (Å²) in [5.74, 6) is 5.80. The zero-order valence-corrected chi connectivity index (χ0v) is 12.7. The summed E-state index contributed by atoms with van der Waals surface area (Å²) in [5, 5.41) is 2.80. The van der Waals surface area contributed by atoms with Gasteiger partial charge in [0.15, 0.2) is 0 Å². The Labute approximate surface area is 126 Å². The van der Waals surface area contributed by atoms with E-state index in [0.717, 1.165) is 11.1 Å². The van der Waals surface area contributed by atoms with Crippen molar-refractivity contribution in [3.05, 3.63) is 35.4 Å². The molecule has 0 aliphatic rings. The van der Waals surface area contributed by atoms with Crippen molar-refractivity contribution < 1.29 is 9.53 Å². The van der Waals surface area contributed by atoms with E-state index in [1.54, 1.807) is 7.11 Å². The second-order valence-corrected chi connectivity index (χ2v) is 4.72. The van der Waals surface area contributed by atoms with Crippen LogP contribution in [-0.4, -0.2) is 51.2 Å². The number of methoxy groups -OCH3 is 1. The normalized spacial score (nSPS) is 10.1. The number of rotatable bonds is 7. The van der Waals surface area contributed by atoms with Crippen molar-refractivity contribution in [3.8, 4) is 11.8 Å². The molecule has 1 rings (SSSR count). The molecule has 21 heavy (non-hydrogen) atoms. The lowest BCUT2D eigenvalue weighted by Gasteiger charge is -2.16. The molecule has 3 N–H and O–H groups in total. The van der Waals surface area contributed by atoms with E-state index in [1.807, 2.05) is 36.2 Å². The van der Waals surface area contributed by atoms with Crippen molar-refractivity contribution in [2.75, 3.05) is 40.4 Å². The molecular weight excluding hydrogens is 266 g/mol. The first-order chi connectivity index (χ1) is 10.2. The molecule has 0 saturated carbocycles. The summed E-state index contributed by atoms with van der Waals surface area (Å²) in [7, 11) is 3.53. The van der Waals surface area contributed by atoms with Gasteiger partial charge in [0.1, 0.15) is 0 Å². The lowest BCUT2D eigenvalue weighted by molar-refractivity contribution is -0.122. The summed E-state index contributed by atoms with van der Waals surface area (Å²) < 4.78 is 4.88. The lowest BCUT2D eigenvalue weighted by Crippen LogP contribution is -2.36. The van der Waals surface area contributed by atoms with Crippen LogP contribution >= 0.6 is 0 Å². The fourth-order valence-electron chi connectivity index (χ4n) is 1.81. The minimum atomic E-state index is -0.0000161. The van der Waals surface area contributed by atoms with E-state index in [2.05, 4.69) is 17.2 Å². The molecule has 0 aliphatic heterocycles. The van der Waals surface area contributed by atoms with Crippen LogP contribution in [-0.2, 0) is 16.1 Å². The van der Waals surface area contributed by atoms with Crippen molar-refractivity contribution in [2.24, 2.45) is 5.73 Å². The molecule has 1 amide bonds. The maximum Gasteiger partial charge on any atom is 0.234 e. The monoisotopic (exact) mass is 289 g/mol. The predicted molar refractivity (Wildman–Crippen MR) is 83.6 cm³/mol. The minimum absolute atomic E-state index is 0.0000161. The summed E-state index contributed by atoms with van der Waals surface area (Å²) in [6.07, 6.45) is 0. The van der Waals surface area contributed by atoms with Crippen LogP contribution in [0.4, 0.5) is 0 Å². The number of hydrogen-bond acceptors (Lipinski definition) is 4. The summed E-state index contributed by atoms with van der Waals surface area (Å²) in [4.78, 5) is 13.6. The number of likely N-dealkylation sites (N-methyl/N-ethyl adjacent to an activating group) is 1. The van der Waals surface area contributed by atoms with Crippen LogP contribution in [0.25, 0.3) is 0 Å². The number of hydrogen-bond donors (Lipinski definition) is 2. The highest BCUT2D eigenvalue weighted by Gasteiger charge is 2.06. The van der Waals surface area contributed by atoms with E-state index in [-0.39, 0.29) is 5.91 Å². The van der Waals surface area contributed by atoms with Gasteiger partial charge >= 0.3 is 0 Å². The van der Waals surface area contributed by atoms with Crippen LogP contribution in [0.1, 0.15) is 11.1 Å². The van der Waals surface area contributed by atoms with Gasteiger partial charge in [0, 0.05) is 25.8 Å². The third-order valence-corrected chi connectivity index (χ3v) is 2.78. The molecular formula is C16H23N3O2. The highest BCUT2D eigenvalue weighted by atomic mass is 16.5. The Bertz CT molecular complexity index is 488. The first-order valence-electron chi connectivity index (χ1n) is 6.87. The first kappa shape index (κ1) is 17.2. The molecule has 0 unspecified atom stereocenters. The van der Waals surface area contributed by atoms with Gasteiger partial charge in [-0.05, 0) is 24.7 Å². The van der Waals surface area contributed by atoms with Crippen molar-refractivity contribution in [1.29, 1.82) is 0 Å². The van der Waals surface area contributed by atoms with Crippen LogP contribution in [0.3, 0.4) is 0 Å². The van der Waals surface area contributed by atoms with Gasteiger partial charge in [-0.15, -0.1) is 0 Å². The van der Waals surface area contributed by atoms with Crippen molar-refractivity contribution in [1.82, 2.24) is 10.2 Å². The SMILES string of the molecule is COCCNC(=O)CN(C)Cc1ccc(C#CCN)cc1. The van der Waals surface area contributed by atoms with Gasteiger partial charge in [0.25, 0.3) is 0 Å². The minimum Gasteiger partial charge on any atom is -0.383 e. The van der Waals surface area contributed by atoms with Crippen LogP contribution in [0.15, 0.2) is 24.3 Å². The Hall–Kier alpha value is -1.87. The van der Waals surface area contributed by atoms with E-state index in [9.17, 15) is 4.79 Å². The zero-order chi connectivity index (χ0) is 15.5. The van der Waals surface area contributed by atoms with E-state index in [1.165, 1.54) is 0 Å². The Morgan fingerprint density at radius 3 is 2.71 bits per heavy atom. The molecule has 5 nitrogen and oxygen atoms in total. The predicted octanol–water partition coefficient (Wildman–Crippen LogP) is 0.191. The van der Waals surface area contributed by atoms with Crippen molar-refractivity contribution >= 4 is 5.91 Å². The Morgan fingerprint density at radius 2 is 2.10 bits per heavy atom. The molecule has 5 heteroatoms. The third kappa shape index (κ3) is 7.47. The summed E-state index contributed by atoms with van der Waals surface area (Å²) in [5.41, 5.74) is 7.42. The van der Waals surface area contributed by atoms with E-state index < -0.39 is 0 Å². The molecule has 1 aromatic rings. The molecule has 1 aromatic carbocycles. The lowest BCUT2D eigenvalue weighted by atomic mass is 10.1. The number of nitrogens with zero attached hydrogens (tertiary/aromatic N) is 1. The number of carbonyl (C=O) groups excluding carboxylic acids is 1. The van der Waals surface area contributed by atoms with Crippen molar-refractivity contribution in [3.63, 3.8) is 0 Å². The van der Waals surface area contributed by atoms with Gasteiger partial charge in [0.2, 0.25) is 5.91 Å². The number of amides is 1. The maximum atomic E-state index is 11.7. The van der Waals surface area contributed by atoms with Gasteiger partial charge in [-0.25, -0.2) is 0 Å². The fourth-order valence-corrected chi connectivity index (χ4v) is 1.81. The molecule has 0 atom stereocenters. The molecule has 0 aromatic heterocycles. The number of ether oxygens (including phenoxy) is 1. The van der Waals surface area contributed by atoms with Crippen LogP contribution in [0.2, 0.25) is 0 Å². The van der Waals surface area contributed by atoms with Crippen LogP contribution in [0, 0.1) is 11.8 Å². The fraction of sp³-hybridized carbons (Fsp3) is 0.438. The zero-order valence-electron chi connectivity index (χ0n) is 12.7. The molecule has 0 spiro atoms. The highest BCUT2D eigenvalue weighted by Crippen LogP contribution is 2.05. The topological polar surface area (TPSA) is 67.6 Å². The van der Waals surface area contributed by atoms with Crippen LogP contribution in [0.5, 0.6) is 0 Å². The average Bonchev–Trinajstić information content (AvgIpc) is 2.46. The van der Waals surface area contributed by atoms with E-state index in [4.69, 9.17) is 10.5 Å². The Balaban J connectivity index is 2.40. The van der Waals surface area contributed by atoms with Gasteiger partial charge in [-0.2, -0.15) is 0 Å². The van der Waals surface area contributed by atoms with Gasteiger partial charge in [-0.1, -0.05) is 24.0 Å².